The second-order valence-corrected chi connectivity index (χ2v) is 7.01. The minimum absolute atomic E-state index is 0.381. The molecule has 0 aromatic heterocycles. The van der Waals surface area contributed by atoms with Crippen LogP contribution in [0.2, 0.25) is 0 Å². The van der Waals surface area contributed by atoms with Gasteiger partial charge in [-0.3, -0.25) is 4.90 Å². The predicted molar refractivity (Wildman–Crippen MR) is 117 cm³/mol. The molecule has 3 nitrogen and oxygen atoms in total. The maximum Gasteiger partial charge on any atom is 0.115 e. The average molecular weight is 365 g/mol. The molecule has 1 unspecified atom stereocenters. The van der Waals surface area contributed by atoms with Crippen LogP contribution in [0.5, 0.6) is 0 Å². The van der Waals surface area contributed by atoms with Gasteiger partial charge in [-0.25, -0.2) is 0 Å². The van der Waals surface area contributed by atoms with E-state index in [2.05, 4.69) is 23.3 Å². The Morgan fingerprint density at radius 3 is 2.23 bits per heavy atom. The molecule has 2 rings (SSSR count). The van der Waals surface area contributed by atoms with Gasteiger partial charge in [-0.1, -0.05) is 53.3 Å². The Balaban J connectivity index is 0.00000146. The van der Waals surface area contributed by atoms with Crippen LogP contribution in [-0.2, 0) is 0 Å². The Morgan fingerprint density at radius 1 is 1.08 bits per heavy atom. The molecule has 1 N–H and O–H groups in total. The molecule has 0 aromatic carbocycles. The number of likely N-dealkylation sites (tertiary alicyclic amines) is 2. The number of allylic oxidation sites excluding steroid dienone is 3. The van der Waals surface area contributed by atoms with E-state index in [9.17, 15) is 5.11 Å². The van der Waals surface area contributed by atoms with Crippen molar-refractivity contribution in [2.24, 2.45) is 5.92 Å². The molecule has 0 spiro atoms. The first-order valence-corrected chi connectivity index (χ1v) is 10.7. The van der Waals surface area contributed by atoms with Gasteiger partial charge >= 0.3 is 0 Å². The smallest absolute Gasteiger partial charge is 0.115 e. The van der Waals surface area contributed by atoms with Crippen LogP contribution in [-0.4, -0.2) is 53.7 Å². The fraction of sp³-hybridized carbons (Fsp3) is 0.739. The van der Waals surface area contributed by atoms with Crippen LogP contribution in [0.1, 0.15) is 67.2 Å². The average Bonchev–Trinajstić information content (AvgIpc) is 2.69. The number of nitrogens with zero attached hydrogens (tertiary/aromatic N) is 2. The lowest BCUT2D eigenvalue weighted by Crippen LogP contribution is -2.48. The normalized spacial score (nSPS) is 23.4. The summed E-state index contributed by atoms with van der Waals surface area (Å²) in [6, 6.07) is 0.776. The van der Waals surface area contributed by atoms with Crippen molar-refractivity contribution in [1.29, 1.82) is 0 Å². The van der Waals surface area contributed by atoms with Crippen molar-refractivity contribution in [3.63, 3.8) is 0 Å². The molecule has 2 saturated heterocycles. The fourth-order valence-corrected chi connectivity index (χ4v) is 3.72. The third-order valence-electron chi connectivity index (χ3n) is 5.05. The van der Waals surface area contributed by atoms with Crippen molar-refractivity contribution in [2.45, 2.75) is 73.3 Å². The lowest BCUT2D eigenvalue weighted by Gasteiger charge is -2.41. The van der Waals surface area contributed by atoms with Crippen molar-refractivity contribution in [3.8, 4) is 0 Å². The highest BCUT2D eigenvalue weighted by molar-refractivity contribution is 5.21. The molecule has 3 heteroatoms. The summed E-state index contributed by atoms with van der Waals surface area (Å²) >= 11 is 0. The van der Waals surface area contributed by atoms with Crippen molar-refractivity contribution >= 4 is 0 Å². The first-order valence-electron chi connectivity index (χ1n) is 10.7. The molecule has 26 heavy (non-hydrogen) atoms. The molecule has 0 saturated carbocycles. The van der Waals surface area contributed by atoms with Crippen molar-refractivity contribution < 1.29 is 5.11 Å². The summed E-state index contributed by atoms with van der Waals surface area (Å²) in [6.07, 6.45) is 10.5. The molecule has 0 amide bonds. The molecule has 2 fully saturated rings. The number of rotatable bonds is 5. The first kappa shape index (κ1) is 24.9. The Bertz CT molecular complexity index is 420. The van der Waals surface area contributed by atoms with E-state index in [-0.39, 0.29) is 0 Å². The minimum atomic E-state index is 0.381. The summed E-state index contributed by atoms with van der Waals surface area (Å²) in [7, 11) is 0. The molecule has 2 heterocycles. The highest BCUT2D eigenvalue weighted by Crippen LogP contribution is 2.24. The van der Waals surface area contributed by atoms with Crippen molar-refractivity contribution in [3.05, 3.63) is 36.1 Å². The van der Waals surface area contributed by atoms with Crippen LogP contribution >= 0.6 is 0 Å². The monoisotopic (exact) mass is 364 g/mol. The highest BCUT2D eigenvalue weighted by atomic mass is 16.3. The standard InChI is InChI=1S/C19H32N2O.2C2H6/c1-4-5-8-19(22)17(3)15-20-12-9-18(10-13-20)21-11-6-7-16(2)14-21;2*1-2/h4-5,8,16,18,22H,1,6-7,9-15H2,2-3H3;2*1-2H3/b8-5-,19-17-;;. The van der Waals surface area contributed by atoms with E-state index >= 15 is 0 Å². The van der Waals surface area contributed by atoms with Gasteiger partial charge in [0.2, 0.25) is 0 Å². The zero-order valence-corrected chi connectivity index (χ0v) is 18.3. The van der Waals surface area contributed by atoms with E-state index in [4.69, 9.17) is 0 Å². The van der Waals surface area contributed by atoms with Gasteiger partial charge in [-0.2, -0.15) is 0 Å². The zero-order valence-electron chi connectivity index (χ0n) is 18.3. The molecular weight excluding hydrogens is 320 g/mol. The van der Waals surface area contributed by atoms with Crippen LogP contribution in [0.25, 0.3) is 0 Å². The quantitative estimate of drug-likeness (QED) is 0.492. The molecule has 152 valence electrons. The molecule has 2 aliphatic rings. The van der Waals surface area contributed by atoms with Crippen molar-refractivity contribution in [1.82, 2.24) is 9.80 Å². The van der Waals surface area contributed by atoms with Gasteiger partial charge in [0.1, 0.15) is 5.76 Å². The summed E-state index contributed by atoms with van der Waals surface area (Å²) in [5.41, 5.74) is 1.04. The summed E-state index contributed by atoms with van der Waals surface area (Å²) in [4.78, 5) is 5.19. The Kier molecular flexibility index (Phi) is 14.4. The first-order chi connectivity index (χ1) is 12.6. The van der Waals surface area contributed by atoms with Gasteiger partial charge in [-0.05, 0) is 69.8 Å². The topological polar surface area (TPSA) is 26.7 Å². The molecule has 0 aliphatic carbocycles. The van der Waals surface area contributed by atoms with E-state index in [1.54, 1.807) is 18.2 Å². The van der Waals surface area contributed by atoms with Crippen LogP contribution in [0.15, 0.2) is 36.1 Å². The SMILES string of the molecule is C=C/C=C\C(O)=C(/C)CN1CCC(N2CCCC(C)C2)CC1.CC.CC. The zero-order chi connectivity index (χ0) is 19.9. The van der Waals surface area contributed by atoms with Gasteiger partial charge in [0.15, 0.2) is 0 Å². The maximum absolute atomic E-state index is 9.97. The van der Waals surface area contributed by atoms with Crippen LogP contribution in [0, 0.1) is 5.92 Å². The fourth-order valence-electron chi connectivity index (χ4n) is 3.72. The van der Waals surface area contributed by atoms with Gasteiger partial charge < -0.3 is 10.0 Å². The molecule has 1 atom stereocenters. The summed E-state index contributed by atoms with van der Waals surface area (Å²) < 4.78 is 0. The third kappa shape index (κ3) is 9.05. The van der Waals surface area contributed by atoms with Gasteiger partial charge in [0.05, 0.1) is 0 Å². The largest absolute Gasteiger partial charge is 0.508 e. The maximum atomic E-state index is 9.97. The number of aliphatic hydroxyl groups excluding tert-OH is 1. The predicted octanol–water partition coefficient (Wildman–Crippen LogP) is 5.81. The number of hydrogen-bond acceptors (Lipinski definition) is 3. The van der Waals surface area contributed by atoms with E-state index in [1.807, 2.05) is 34.6 Å². The van der Waals surface area contributed by atoms with Crippen molar-refractivity contribution in [2.75, 3.05) is 32.7 Å². The molecule has 0 bridgehead atoms. The summed E-state index contributed by atoms with van der Waals surface area (Å²) in [5, 5.41) is 9.97. The molecular formula is C23H44N2O. The number of piperidine rings is 2. The van der Waals surface area contributed by atoms with E-state index in [1.165, 1.54) is 38.8 Å². The van der Waals surface area contributed by atoms with E-state index in [0.717, 1.165) is 37.2 Å². The Morgan fingerprint density at radius 2 is 1.69 bits per heavy atom. The van der Waals surface area contributed by atoms with Crippen LogP contribution in [0.3, 0.4) is 0 Å². The van der Waals surface area contributed by atoms with E-state index in [0.29, 0.717) is 5.76 Å². The Hall–Kier alpha value is -1.06. The number of aliphatic hydroxyl groups is 1. The second kappa shape index (κ2) is 15.0. The van der Waals surface area contributed by atoms with Gasteiger partial charge in [0, 0.05) is 19.1 Å². The highest BCUT2D eigenvalue weighted by Gasteiger charge is 2.27. The van der Waals surface area contributed by atoms with Crippen LogP contribution < -0.4 is 0 Å². The molecule has 0 radical (unpaired) electrons. The molecule has 0 aromatic rings. The lowest BCUT2D eigenvalue weighted by atomic mass is 9.95. The van der Waals surface area contributed by atoms with Gasteiger partial charge in [-0.15, -0.1) is 0 Å². The lowest BCUT2D eigenvalue weighted by molar-refractivity contribution is 0.0779. The number of hydrogen-bond donors (Lipinski definition) is 1. The summed E-state index contributed by atoms with van der Waals surface area (Å²) in [5.74, 6) is 1.25. The van der Waals surface area contributed by atoms with E-state index < -0.39 is 0 Å². The summed E-state index contributed by atoms with van der Waals surface area (Å²) in [6.45, 7) is 21.8. The Labute approximate surface area is 163 Å². The van der Waals surface area contributed by atoms with Crippen LogP contribution in [0.4, 0.5) is 0 Å². The van der Waals surface area contributed by atoms with Gasteiger partial charge in [0.25, 0.3) is 0 Å². The minimum Gasteiger partial charge on any atom is -0.508 e. The molecule has 2 aliphatic heterocycles. The third-order valence-corrected chi connectivity index (χ3v) is 5.05. The second-order valence-electron chi connectivity index (χ2n) is 7.01.